The summed E-state index contributed by atoms with van der Waals surface area (Å²) < 4.78 is 5.70. The van der Waals surface area contributed by atoms with Crippen LogP contribution in [0.5, 0.6) is 5.75 Å². The molecule has 0 radical (unpaired) electrons. The van der Waals surface area contributed by atoms with Crippen molar-refractivity contribution in [2.24, 2.45) is 0 Å². The normalized spacial score (nSPS) is 23.6. The Kier molecular flexibility index (Phi) is 7.51. The Morgan fingerprint density at radius 3 is 2.71 bits per heavy atom. The molecule has 2 heterocycles. The van der Waals surface area contributed by atoms with Crippen molar-refractivity contribution >= 4 is 24.8 Å². The first-order valence-electron chi connectivity index (χ1n) is 5.52. The minimum Gasteiger partial charge on any atom is -0.490 e. The highest BCUT2D eigenvalue weighted by Gasteiger charge is 2.27. The fraction of sp³-hybridized carbons (Fsp3) is 0.583. The molecule has 1 aliphatic heterocycles. The van der Waals surface area contributed by atoms with E-state index in [9.17, 15) is 0 Å². The standard InChI is InChI=1S/C12H18N2O.2ClH/c1-10-5-6-11(14(10)2)9-15-12-4-3-7-13-8-12;;/h3-4,7-8,10-11H,5-6,9H2,1-2H3;2*1H/t10-,11+;;/m1../s1. The summed E-state index contributed by atoms with van der Waals surface area (Å²) in [6, 6.07) is 5.09. The Labute approximate surface area is 115 Å². The van der Waals surface area contributed by atoms with E-state index in [2.05, 4.69) is 23.9 Å². The van der Waals surface area contributed by atoms with E-state index >= 15 is 0 Å². The molecule has 1 aromatic rings. The molecule has 17 heavy (non-hydrogen) atoms. The minimum atomic E-state index is 0. The average Bonchev–Trinajstić information content (AvgIpc) is 2.59. The van der Waals surface area contributed by atoms with Gasteiger partial charge in [-0.25, -0.2) is 0 Å². The van der Waals surface area contributed by atoms with Gasteiger partial charge in [0, 0.05) is 18.3 Å². The second kappa shape index (κ2) is 7.75. The third-order valence-electron chi connectivity index (χ3n) is 3.27. The van der Waals surface area contributed by atoms with Crippen molar-refractivity contribution in [1.29, 1.82) is 0 Å². The van der Waals surface area contributed by atoms with E-state index in [1.54, 1.807) is 12.4 Å². The zero-order valence-electron chi connectivity index (χ0n) is 10.2. The van der Waals surface area contributed by atoms with Crippen LogP contribution < -0.4 is 4.74 Å². The van der Waals surface area contributed by atoms with Crippen molar-refractivity contribution in [1.82, 2.24) is 9.88 Å². The summed E-state index contributed by atoms with van der Waals surface area (Å²) in [7, 11) is 2.18. The first-order chi connectivity index (χ1) is 7.27. The first kappa shape index (κ1) is 16.5. The van der Waals surface area contributed by atoms with Crippen LogP contribution >= 0.6 is 24.8 Å². The van der Waals surface area contributed by atoms with Crippen molar-refractivity contribution in [2.45, 2.75) is 31.8 Å². The molecule has 0 aliphatic carbocycles. The first-order valence-corrected chi connectivity index (χ1v) is 5.52. The van der Waals surface area contributed by atoms with Gasteiger partial charge in [0.15, 0.2) is 0 Å². The van der Waals surface area contributed by atoms with Crippen LogP contribution in [0.1, 0.15) is 19.8 Å². The molecule has 0 saturated carbocycles. The van der Waals surface area contributed by atoms with Gasteiger partial charge in [-0.15, -0.1) is 24.8 Å². The zero-order chi connectivity index (χ0) is 10.7. The monoisotopic (exact) mass is 278 g/mol. The molecule has 2 rings (SSSR count). The molecule has 0 bridgehead atoms. The summed E-state index contributed by atoms with van der Waals surface area (Å²) in [5.41, 5.74) is 0. The number of pyridine rings is 1. The topological polar surface area (TPSA) is 25.4 Å². The third-order valence-corrected chi connectivity index (χ3v) is 3.27. The van der Waals surface area contributed by atoms with E-state index in [4.69, 9.17) is 4.74 Å². The number of hydrogen-bond acceptors (Lipinski definition) is 3. The van der Waals surface area contributed by atoms with Gasteiger partial charge in [0.05, 0.1) is 6.20 Å². The highest BCUT2D eigenvalue weighted by molar-refractivity contribution is 5.85. The average molecular weight is 279 g/mol. The molecule has 1 aromatic heterocycles. The maximum atomic E-state index is 5.70. The lowest BCUT2D eigenvalue weighted by molar-refractivity contribution is 0.174. The van der Waals surface area contributed by atoms with E-state index in [1.807, 2.05) is 12.1 Å². The molecule has 1 aliphatic rings. The van der Waals surface area contributed by atoms with Gasteiger partial charge < -0.3 is 4.74 Å². The number of rotatable bonds is 3. The smallest absolute Gasteiger partial charge is 0.137 e. The Morgan fingerprint density at radius 2 is 2.18 bits per heavy atom. The number of likely N-dealkylation sites (tertiary alicyclic amines) is 1. The summed E-state index contributed by atoms with van der Waals surface area (Å²) >= 11 is 0. The van der Waals surface area contributed by atoms with E-state index in [1.165, 1.54) is 12.8 Å². The van der Waals surface area contributed by atoms with E-state index < -0.39 is 0 Å². The van der Waals surface area contributed by atoms with Gasteiger partial charge in [-0.2, -0.15) is 0 Å². The second-order valence-electron chi connectivity index (χ2n) is 4.25. The number of hydrogen-bond donors (Lipinski definition) is 0. The highest BCUT2D eigenvalue weighted by Crippen LogP contribution is 2.22. The van der Waals surface area contributed by atoms with Crippen molar-refractivity contribution < 1.29 is 4.74 Å². The molecule has 0 unspecified atom stereocenters. The Bertz CT molecular complexity index is 311. The van der Waals surface area contributed by atoms with E-state index in [0.29, 0.717) is 12.1 Å². The molecule has 5 heteroatoms. The van der Waals surface area contributed by atoms with Crippen molar-refractivity contribution in [2.75, 3.05) is 13.7 Å². The van der Waals surface area contributed by atoms with Gasteiger partial charge in [-0.1, -0.05) is 0 Å². The van der Waals surface area contributed by atoms with Gasteiger partial charge in [-0.05, 0) is 38.9 Å². The van der Waals surface area contributed by atoms with Crippen LogP contribution in [0.25, 0.3) is 0 Å². The fourth-order valence-electron chi connectivity index (χ4n) is 2.03. The van der Waals surface area contributed by atoms with Crippen LogP contribution in [-0.4, -0.2) is 35.6 Å². The van der Waals surface area contributed by atoms with E-state index in [0.717, 1.165) is 12.4 Å². The Morgan fingerprint density at radius 1 is 1.41 bits per heavy atom. The van der Waals surface area contributed by atoms with Crippen LogP contribution in [0.3, 0.4) is 0 Å². The van der Waals surface area contributed by atoms with Crippen molar-refractivity contribution in [3.05, 3.63) is 24.5 Å². The SMILES string of the molecule is C[C@@H]1CC[C@@H](COc2cccnc2)N1C.Cl.Cl. The molecule has 3 nitrogen and oxygen atoms in total. The maximum Gasteiger partial charge on any atom is 0.137 e. The second-order valence-corrected chi connectivity index (χ2v) is 4.25. The summed E-state index contributed by atoms with van der Waals surface area (Å²) in [6.07, 6.45) is 6.03. The van der Waals surface area contributed by atoms with Crippen molar-refractivity contribution in [3.8, 4) is 5.75 Å². The molecule has 0 N–H and O–H groups in total. The number of aromatic nitrogens is 1. The molecule has 0 aromatic carbocycles. The summed E-state index contributed by atoms with van der Waals surface area (Å²) in [5, 5.41) is 0. The molecule has 1 saturated heterocycles. The predicted octanol–water partition coefficient (Wildman–Crippen LogP) is 2.79. The molecule has 2 atom stereocenters. The van der Waals surface area contributed by atoms with Crippen molar-refractivity contribution in [3.63, 3.8) is 0 Å². The van der Waals surface area contributed by atoms with Gasteiger partial charge in [-0.3, -0.25) is 9.88 Å². The zero-order valence-corrected chi connectivity index (χ0v) is 11.8. The van der Waals surface area contributed by atoms with Gasteiger partial charge in [0.1, 0.15) is 12.4 Å². The molecule has 0 spiro atoms. The van der Waals surface area contributed by atoms with Crippen LogP contribution in [0.15, 0.2) is 24.5 Å². The van der Waals surface area contributed by atoms with Crippen LogP contribution in [0.2, 0.25) is 0 Å². The lowest BCUT2D eigenvalue weighted by Crippen LogP contribution is -2.34. The van der Waals surface area contributed by atoms with E-state index in [-0.39, 0.29) is 24.8 Å². The summed E-state index contributed by atoms with van der Waals surface area (Å²) in [4.78, 5) is 6.42. The predicted molar refractivity (Wildman–Crippen MR) is 74.5 cm³/mol. The number of likely N-dealkylation sites (N-methyl/N-ethyl adjacent to an activating group) is 1. The van der Waals surface area contributed by atoms with Crippen LogP contribution in [0.4, 0.5) is 0 Å². The van der Waals surface area contributed by atoms with Gasteiger partial charge >= 0.3 is 0 Å². The Balaban J connectivity index is 0.00000128. The quantitative estimate of drug-likeness (QED) is 0.850. The number of ether oxygens (including phenoxy) is 1. The van der Waals surface area contributed by atoms with Crippen LogP contribution in [0, 0.1) is 0 Å². The lowest BCUT2D eigenvalue weighted by Gasteiger charge is -2.23. The summed E-state index contributed by atoms with van der Waals surface area (Å²) in [6.45, 7) is 3.04. The largest absolute Gasteiger partial charge is 0.490 e. The number of halogens is 2. The third kappa shape index (κ3) is 4.34. The lowest BCUT2D eigenvalue weighted by atomic mass is 10.2. The number of nitrogens with zero attached hydrogens (tertiary/aromatic N) is 2. The summed E-state index contributed by atoms with van der Waals surface area (Å²) in [5.74, 6) is 0.866. The van der Waals surface area contributed by atoms with Crippen LogP contribution in [-0.2, 0) is 0 Å². The minimum absolute atomic E-state index is 0. The Hall–Kier alpha value is -0.510. The molecule has 0 amide bonds. The van der Waals surface area contributed by atoms with Gasteiger partial charge in [0.2, 0.25) is 0 Å². The molecular weight excluding hydrogens is 259 g/mol. The maximum absolute atomic E-state index is 5.70. The highest BCUT2D eigenvalue weighted by atomic mass is 35.5. The molecule has 98 valence electrons. The van der Waals surface area contributed by atoms with Gasteiger partial charge in [0.25, 0.3) is 0 Å². The fourth-order valence-corrected chi connectivity index (χ4v) is 2.03. The molecular formula is C12H20Cl2N2O. The molecule has 1 fully saturated rings.